The van der Waals surface area contributed by atoms with Crippen molar-refractivity contribution in [3.05, 3.63) is 52.3 Å². The first-order chi connectivity index (χ1) is 9.54. The maximum absolute atomic E-state index is 11.8. The van der Waals surface area contributed by atoms with E-state index in [1.54, 1.807) is 18.2 Å². The Morgan fingerprint density at radius 3 is 2.75 bits per heavy atom. The van der Waals surface area contributed by atoms with Gasteiger partial charge in [-0.05, 0) is 12.1 Å². The maximum Gasteiger partial charge on any atom is 0.297 e. The van der Waals surface area contributed by atoms with Crippen LogP contribution < -0.4 is 0 Å². The number of amides is 1. The smallest absolute Gasteiger partial charge is 0.274 e. The fraction of sp³-hybridized carbons (Fsp3) is 0.167. The van der Waals surface area contributed by atoms with Gasteiger partial charge < -0.3 is 0 Å². The minimum atomic E-state index is -0.500. The molecule has 0 radical (unpaired) electrons. The van der Waals surface area contributed by atoms with Crippen LogP contribution in [0.25, 0.3) is 5.69 Å². The van der Waals surface area contributed by atoms with Gasteiger partial charge in [-0.1, -0.05) is 12.1 Å². The van der Waals surface area contributed by atoms with Crippen molar-refractivity contribution in [2.24, 2.45) is 0 Å². The second kappa shape index (κ2) is 5.49. The van der Waals surface area contributed by atoms with Crippen LogP contribution in [0.2, 0.25) is 0 Å². The van der Waals surface area contributed by atoms with E-state index in [9.17, 15) is 14.9 Å². The molecule has 104 valence electrons. The normalized spacial score (nSPS) is 10.3. The van der Waals surface area contributed by atoms with Crippen LogP contribution in [0.4, 0.5) is 5.69 Å². The third-order valence-electron chi connectivity index (χ3n) is 2.69. The van der Waals surface area contributed by atoms with Crippen LogP contribution in [0.5, 0.6) is 0 Å². The molecule has 20 heavy (non-hydrogen) atoms. The molecule has 2 rings (SSSR count). The Morgan fingerprint density at radius 2 is 2.10 bits per heavy atom. The first kappa shape index (κ1) is 13.7. The highest BCUT2D eigenvalue weighted by Gasteiger charge is 2.18. The fourth-order valence-corrected chi connectivity index (χ4v) is 1.63. The summed E-state index contributed by atoms with van der Waals surface area (Å²) in [7, 11) is 2.81. The fourth-order valence-electron chi connectivity index (χ4n) is 1.63. The zero-order valence-corrected chi connectivity index (χ0v) is 10.9. The number of nitro groups is 1. The van der Waals surface area contributed by atoms with E-state index < -0.39 is 10.8 Å². The minimum Gasteiger partial charge on any atom is -0.274 e. The Kier molecular flexibility index (Phi) is 3.76. The van der Waals surface area contributed by atoms with Crippen molar-refractivity contribution in [3.63, 3.8) is 0 Å². The van der Waals surface area contributed by atoms with Crippen LogP contribution in [0.1, 0.15) is 10.5 Å². The van der Waals surface area contributed by atoms with E-state index in [1.165, 1.54) is 37.2 Å². The molecule has 0 atom stereocenters. The third-order valence-corrected chi connectivity index (χ3v) is 2.69. The lowest BCUT2D eigenvalue weighted by molar-refractivity contribution is -0.384. The molecule has 0 aliphatic rings. The molecule has 8 nitrogen and oxygen atoms in total. The van der Waals surface area contributed by atoms with Crippen LogP contribution in [0.15, 0.2) is 36.5 Å². The summed E-state index contributed by atoms with van der Waals surface area (Å²) in [6.07, 6.45) is 1.49. The summed E-state index contributed by atoms with van der Waals surface area (Å²) in [4.78, 5) is 27.1. The van der Waals surface area contributed by atoms with Gasteiger partial charge in [0.2, 0.25) is 0 Å². The number of benzene rings is 1. The highest BCUT2D eigenvalue weighted by Crippen LogP contribution is 2.21. The van der Waals surface area contributed by atoms with Crippen LogP contribution in [-0.2, 0) is 4.84 Å². The van der Waals surface area contributed by atoms with Crippen LogP contribution >= 0.6 is 0 Å². The summed E-state index contributed by atoms with van der Waals surface area (Å²) in [6.45, 7) is 0. The molecule has 0 saturated heterocycles. The Labute approximate surface area is 114 Å². The summed E-state index contributed by atoms with van der Waals surface area (Å²) in [6, 6.07) is 7.62. The van der Waals surface area contributed by atoms with Gasteiger partial charge in [-0.15, -0.1) is 0 Å². The Balaban J connectivity index is 2.39. The van der Waals surface area contributed by atoms with Crippen molar-refractivity contribution in [2.75, 3.05) is 14.2 Å². The number of nitro benzene ring substituents is 1. The van der Waals surface area contributed by atoms with Crippen molar-refractivity contribution in [1.29, 1.82) is 0 Å². The van der Waals surface area contributed by atoms with E-state index in [-0.39, 0.29) is 17.1 Å². The van der Waals surface area contributed by atoms with Crippen molar-refractivity contribution in [3.8, 4) is 5.69 Å². The van der Waals surface area contributed by atoms with Crippen molar-refractivity contribution in [1.82, 2.24) is 14.8 Å². The minimum absolute atomic E-state index is 0.0882. The lowest BCUT2D eigenvalue weighted by atomic mass is 10.3. The number of para-hydroxylation sites is 2. The van der Waals surface area contributed by atoms with E-state index in [4.69, 9.17) is 4.84 Å². The van der Waals surface area contributed by atoms with Gasteiger partial charge in [0.25, 0.3) is 11.6 Å². The molecule has 1 aromatic carbocycles. The molecule has 0 saturated carbocycles. The first-order valence-corrected chi connectivity index (χ1v) is 5.66. The summed E-state index contributed by atoms with van der Waals surface area (Å²) < 4.78 is 1.29. The Morgan fingerprint density at radius 1 is 1.40 bits per heavy atom. The van der Waals surface area contributed by atoms with Gasteiger partial charge in [0.15, 0.2) is 5.69 Å². The van der Waals surface area contributed by atoms with Gasteiger partial charge in [0, 0.05) is 19.3 Å². The molecule has 2 aromatic rings. The van der Waals surface area contributed by atoms with Crippen LogP contribution in [-0.4, -0.2) is 39.8 Å². The molecule has 0 aliphatic heterocycles. The number of rotatable bonds is 4. The lowest BCUT2D eigenvalue weighted by Gasteiger charge is -2.11. The Bertz CT molecular complexity index is 652. The van der Waals surface area contributed by atoms with Gasteiger partial charge in [-0.3, -0.25) is 19.7 Å². The molecule has 1 heterocycles. The molecule has 0 N–H and O–H groups in total. The third kappa shape index (κ3) is 2.50. The summed E-state index contributed by atoms with van der Waals surface area (Å²) in [5, 5.41) is 16.0. The zero-order valence-electron chi connectivity index (χ0n) is 10.9. The molecule has 8 heteroatoms. The number of nitrogens with zero attached hydrogens (tertiary/aromatic N) is 4. The zero-order chi connectivity index (χ0) is 14.7. The summed E-state index contributed by atoms with van der Waals surface area (Å²) in [5.41, 5.74) is 0.332. The van der Waals surface area contributed by atoms with Crippen molar-refractivity contribution < 1.29 is 14.6 Å². The predicted octanol–water partition coefficient (Wildman–Crippen LogP) is 1.41. The van der Waals surface area contributed by atoms with E-state index in [2.05, 4.69) is 5.10 Å². The lowest BCUT2D eigenvalue weighted by Crippen LogP contribution is -2.25. The molecule has 0 bridgehead atoms. The number of carbonyl (C=O) groups excluding carboxylic acids is 1. The average Bonchev–Trinajstić information content (AvgIpc) is 2.95. The van der Waals surface area contributed by atoms with Crippen LogP contribution in [0, 0.1) is 10.1 Å². The van der Waals surface area contributed by atoms with Crippen molar-refractivity contribution >= 4 is 11.6 Å². The number of hydrogen-bond donors (Lipinski definition) is 0. The van der Waals surface area contributed by atoms with E-state index in [1.807, 2.05) is 0 Å². The van der Waals surface area contributed by atoms with Gasteiger partial charge in [-0.2, -0.15) is 5.10 Å². The molecule has 1 aromatic heterocycles. The standard InChI is InChI=1S/C12H12N4O4/c1-14(20-2)12(17)9-7-8-15(13-9)10-5-3-4-6-11(10)16(18)19/h3-8H,1-2H3. The van der Waals surface area contributed by atoms with E-state index >= 15 is 0 Å². The molecule has 0 spiro atoms. The largest absolute Gasteiger partial charge is 0.297 e. The topological polar surface area (TPSA) is 90.5 Å². The predicted molar refractivity (Wildman–Crippen MR) is 69.3 cm³/mol. The summed E-state index contributed by atoms with van der Waals surface area (Å²) in [5.74, 6) is -0.440. The Hall–Kier alpha value is -2.74. The SMILES string of the molecule is CON(C)C(=O)c1ccn(-c2ccccc2[N+](=O)[O-])n1. The molecule has 1 amide bonds. The second-order valence-corrected chi connectivity index (χ2v) is 3.88. The van der Waals surface area contributed by atoms with Gasteiger partial charge in [-0.25, -0.2) is 9.75 Å². The maximum atomic E-state index is 11.8. The molecular weight excluding hydrogens is 264 g/mol. The highest BCUT2D eigenvalue weighted by molar-refractivity contribution is 5.91. The summed E-state index contributed by atoms with van der Waals surface area (Å²) >= 11 is 0. The molecular formula is C12H12N4O4. The number of carbonyl (C=O) groups is 1. The van der Waals surface area contributed by atoms with Gasteiger partial charge in [0.1, 0.15) is 5.69 Å². The average molecular weight is 276 g/mol. The monoisotopic (exact) mass is 276 g/mol. The number of hydrogen-bond acceptors (Lipinski definition) is 5. The van der Waals surface area contributed by atoms with E-state index in [0.29, 0.717) is 0 Å². The first-order valence-electron chi connectivity index (χ1n) is 5.66. The van der Waals surface area contributed by atoms with Crippen LogP contribution in [0.3, 0.4) is 0 Å². The number of hydroxylamine groups is 2. The molecule has 0 fully saturated rings. The quantitative estimate of drug-likeness (QED) is 0.622. The molecule has 0 aliphatic carbocycles. The van der Waals surface area contributed by atoms with Crippen molar-refractivity contribution in [2.45, 2.75) is 0 Å². The van der Waals surface area contributed by atoms with Gasteiger partial charge >= 0.3 is 0 Å². The second-order valence-electron chi connectivity index (χ2n) is 3.88. The number of aromatic nitrogens is 2. The highest BCUT2D eigenvalue weighted by atomic mass is 16.7. The molecule has 0 unspecified atom stereocenters. The van der Waals surface area contributed by atoms with E-state index in [0.717, 1.165) is 5.06 Å². The van der Waals surface area contributed by atoms with Gasteiger partial charge in [0.05, 0.1) is 12.0 Å².